The van der Waals surface area contributed by atoms with Gasteiger partial charge in [-0.1, -0.05) is 45.1 Å². The second-order valence-corrected chi connectivity index (χ2v) is 14.4. The molecule has 1 heterocycles. The number of esters is 1. The third kappa shape index (κ3) is 4.89. The lowest BCUT2D eigenvalue weighted by Gasteiger charge is -2.40. The van der Waals surface area contributed by atoms with Gasteiger partial charge in [-0.2, -0.15) is 0 Å². The lowest BCUT2D eigenvalue weighted by Crippen LogP contribution is -2.51. The molecule has 0 saturated carbocycles. The van der Waals surface area contributed by atoms with Gasteiger partial charge in [0.1, 0.15) is 5.60 Å². The molecule has 1 aliphatic rings. The van der Waals surface area contributed by atoms with Gasteiger partial charge in [-0.05, 0) is 45.8 Å². The van der Waals surface area contributed by atoms with Crippen molar-refractivity contribution in [2.24, 2.45) is 5.92 Å². The van der Waals surface area contributed by atoms with Crippen LogP contribution >= 0.6 is 12.2 Å². The van der Waals surface area contributed by atoms with Crippen LogP contribution in [0.15, 0.2) is 12.2 Å². The second-order valence-electron chi connectivity index (χ2n) is 9.19. The van der Waals surface area contributed by atoms with Gasteiger partial charge in [0.15, 0.2) is 14.4 Å². The van der Waals surface area contributed by atoms with Gasteiger partial charge in [-0.25, -0.2) is 4.79 Å². The maximum Gasteiger partial charge on any atom is 0.331 e. The highest BCUT2D eigenvalue weighted by Gasteiger charge is 2.50. The van der Waals surface area contributed by atoms with Crippen LogP contribution in [0.2, 0.25) is 18.1 Å². The second kappa shape index (κ2) is 6.88. The Hall–Kier alpha value is -0.723. The largest absolute Gasteiger partial charge is 0.458 e. The number of thiocarbonyl (C=S) groups is 1. The van der Waals surface area contributed by atoms with Crippen LogP contribution in [0.3, 0.4) is 0 Å². The Morgan fingerprint density at radius 1 is 1.21 bits per heavy atom. The molecule has 6 heteroatoms. The highest BCUT2D eigenvalue weighted by Crippen LogP contribution is 2.40. The standard InChI is InChI=1S/C18H33NO3SSi/c1-11(2)12-14(22-24(9,10)18(6,7)8)13(19-15(12)23)16(20)21-17(3,4)5/h12-14H,1H2,2-10H3,(H,19,23)/t12-,13-,14-/m0/s1. The molecule has 1 saturated heterocycles. The first-order valence-electron chi connectivity index (χ1n) is 8.43. The van der Waals surface area contributed by atoms with Gasteiger partial charge in [-0.15, -0.1) is 0 Å². The predicted octanol–water partition coefficient (Wildman–Crippen LogP) is 4.21. The number of hydrogen-bond acceptors (Lipinski definition) is 4. The SMILES string of the molecule is C=C(C)[C@@H]1C(=S)N[C@H](C(=O)OC(C)(C)C)[C@H]1O[Si](C)(C)C(C)(C)C. The maximum atomic E-state index is 12.7. The van der Waals surface area contributed by atoms with Crippen molar-refractivity contribution < 1.29 is 14.0 Å². The fraction of sp³-hybridized carbons (Fsp3) is 0.778. The first kappa shape index (κ1) is 21.3. The van der Waals surface area contributed by atoms with Crippen LogP contribution in [0.25, 0.3) is 0 Å². The van der Waals surface area contributed by atoms with Gasteiger partial charge in [0.2, 0.25) is 0 Å². The van der Waals surface area contributed by atoms with Gasteiger partial charge >= 0.3 is 5.97 Å². The Balaban J connectivity index is 3.17. The molecule has 3 atom stereocenters. The zero-order chi connectivity index (χ0) is 19.1. The van der Waals surface area contributed by atoms with Crippen LogP contribution in [0.1, 0.15) is 48.5 Å². The molecule has 0 aromatic rings. The summed E-state index contributed by atoms with van der Waals surface area (Å²) in [6, 6.07) is -0.590. The number of ether oxygens (including phenoxy) is 1. The summed E-state index contributed by atoms with van der Waals surface area (Å²) < 4.78 is 12.2. The molecule has 1 aliphatic heterocycles. The summed E-state index contributed by atoms with van der Waals surface area (Å²) in [5, 5.41) is 3.16. The monoisotopic (exact) mass is 371 g/mol. The van der Waals surface area contributed by atoms with Crippen LogP contribution in [0.4, 0.5) is 0 Å². The Labute approximate surface area is 153 Å². The first-order chi connectivity index (χ1) is 10.6. The zero-order valence-electron chi connectivity index (χ0n) is 16.6. The summed E-state index contributed by atoms with van der Waals surface area (Å²) in [6.07, 6.45) is -0.370. The van der Waals surface area contributed by atoms with Crippen molar-refractivity contribution in [3.8, 4) is 0 Å². The number of rotatable bonds is 4. The first-order valence-corrected chi connectivity index (χ1v) is 11.7. The summed E-state index contributed by atoms with van der Waals surface area (Å²) in [6.45, 7) is 22.4. The Kier molecular flexibility index (Phi) is 6.11. The molecule has 1 rings (SSSR count). The molecule has 0 bridgehead atoms. The summed E-state index contributed by atoms with van der Waals surface area (Å²) in [4.78, 5) is 13.3. The fourth-order valence-electron chi connectivity index (χ4n) is 2.38. The Bertz CT molecular complexity index is 531. The van der Waals surface area contributed by atoms with E-state index in [1.165, 1.54) is 0 Å². The Morgan fingerprint density at radius 2 is 1.71 bits per heavy atom. The van der Waals surface area contributed by atoms with E-state index in [1.54, 1.807) is 0 Å². The Morgan fingerprint density at radius 3 is 2.08 bits per heavy atom. The highest BCUT2D eigenvalue weighted by atomic mass is 32.1. The van der Waals surface area contributed by atoms with Gasteiger partial charge in [-0.3, -0.25) is 0 Å². The molecule has 1 fully saturated rings. The molecule has 0 radical (unpaired) electrons. The van der Waals surface area contributed by atoms with Gasteiger partial charge in [0.05, 0.1) is 17.0 Å². The molecule has 138 valence electrons. The summed E-state index contributed by atoms with van der Waals surface area (Å²) >= 11 is 5.47. The smallest absolute Gasteiger partial charge is 0.331 e. The average molecular weight is 372 g/mol. The minimum absolute atomic E-state index is 0.0370. The number of carbonyl (C=O) groups is 1. The molecule has 0 unspecified atom stereocenters. The third-order valence-corrected chi connectivity index (χ3v) is 9.51. The van der Waals surface area contributed by atoms with Crippen molar-refractivity contribution in [2.45, 2.75) is 84.3 Å². The van der Waals surface area contributed by atoms with Gasteiger partial charge in [0.25, 0.3) is 0 Å². The van der Waals surface area contributed by atoms with E-state index >= 15 is 0 Å². The van der Waals surface area contributed by atoms with Crippen LogP contribution in [-0.4, -0.2) is 37.0 Å². The molecular weight excluding hydrogens is 338 g/mol. The van der Waals surface area contributed by atoms with Crippen molar-refractivity contribution in [3.63, 3.8) is 0 Å². The van der Waals surface area contributed by atoms with Gasteiger partial charge in [0, 0.05) is 0 Å². The molecule has 1 N–H and O–H groups in total. The molecule has 0 amide bonds. The maximum absolute atomic E-state index is 12.7. The predicted molar refractivity (Wildman–Crippen MR) is 106 cm³/mol. The molecule has 0 aliphatic carbocycles. The zero-order valence-corrected chi connectivity index (χ0v) is 18.4. The molecule has 0 aromatic heterocycles. The molecule has 4 nitrogen and oxygen atoms in total. The van der Waals surface area contributed by atoms with Crippen molar-refractivity contribution in [3.05, 3.63) is 12.2 Å². The van der Waals surface area contributed by atoms with Crippen molar-refractivity contribution in [2.75, 3.05) is 0 Å². The van der Waals surface area contributed by atoms with Crippen LogP contribution in [0.5, 0.6) is 0 Å². The van der Waals surface area contributed by atoms with E-state index in [-0.39, 0.29) is 23.0 Å². The van der Waals surface area contributed by atoms with Crippen LogP contribution < -0.4 is 5.32 Å². The van der Waals surface area contributed by atoms with E-state index in [0.29, 0.717) is 4.99 Å². The van der Waals surface area contributed by atoms with Crippen molar-refractivity contribution in [1.82, 2.24) is 5.32 Å². The summed E-state index contributed by atoms with van der Waals surface area (Å²) in [5.41, 5.74) is 0.353. The molecule has 0 spiro atoms. The van der Waals surface area contributed by atoms with Crippen molar-refractivity contribution in [1.29, 1.82) is 0 Å². The minimum Gasteiger partial charge on any atom is -0.458 e. The fourth-order valence-corrected chi connectivity index (χ4v) is 4.15. The van der Waals surface area contributed by atoms with Crippen LogP contribution in [-0.2, 0) is 14.0 Å². The summed E-state index contributed by atoms with van der Waals surface area (Å²) in [5.74, 6) is -0.482. The molecule has 0 aromatic carbocycles. The highest BCUT2D eigenvalue weighted by molar-refractivity contribution is 7.80. The topological polar surface area (TPSA) is 47.6 Å². The lowest BCUT2D eigenvalue weighted by atomic mass is 9.95. The van der Waals surface area contributed by atoms with E-state index in [1.807, 2.05) is 27.7 Å². The molecular formula is C18H33NO3SSi. The van der Waals surface area contributed by atoms with Crippen molar-refractivity contribution >= 4 is 31.5 Å². The number of hydrogen-bond donors (Lipinski definition) is 1. The van der Waals surface area contributed by atoms with E-state index in [9.17, 15) is 4.79 Å². The van der Waals surface area contributed by atoms with Gasteiger partial charge < -0.3 is 14.5 Å². The number of carbonyl (C=O) groups excluding carboxylic acids is 1. The lowest BCUT2D eigenvalue weighted by molar-refractivity contribution is -0.159. The molecule has 24 heavy (non-hydrogen) atoms. The minimum atomic E-state index is -2.08. The normalized spacial score (nSPS) is 25.4. The average Bonchev–Trinajstić information content (AvgIpc) is 2.61. The number of nitrogens with one attached hydrogen (secondary N) is 1. The van der Waals surface area contributed by atoms with E-state index in [4.69, 9.17) is 21.4 Å². The third-order valence-electron chi connectivity index (χ3n) is 4.67. The van der Waals surface area contributed by atoms with E-state index in [0.717, 1.165) is 5.57 Å². The van der Waals surface area contributed by atoms with E-state index in [2.05, 4.69) is 45.8 Å². The summed E-state index contributed by atoms with van der Waals surface area (Å²) in [7, 11) is -2.08. The van der Waals surface area contributed by atoms with E-state index < -0.39 is 20.0 Å². The van der Waals surface area contributed by atoms with Crippen LogP contribution in [0, 0.1) is 5.92 Å². The quantitative estimate of drug-likeness (QED) is 0.347.